The standard InChI is InChI=1S/C22H23F3N2/c1-2-3-13-27-14-12-18-17-6-4-5-7-19(17)26-20(18)21(27)15-8-10-16(11-9-15)22(23,24)25/h4-11,21,26H,2-3,12-14H2,1H3. The zero-order valence-corrected chi connectivity index (χ0v) is 15.3. The summed E-state index contributed by atoms with van der Waals surface area (Å²) in [6.45, 7) is 4.02. The zero-order valence-electron chi connectivity index (χ0n) is 15.3. The van der Waals surface area contributed by atoms with Crippen molar-refractivity contribution >= 4 is 10.9 Å². The van der Waals surface area contributed by atoms with Gasteiger partial charge in [0.2, 0.25) is 0 Å². The molecule has 1 N–H and O–H groups in total. The highest BCUT2D eigenvalue weighted by molar-refractivity contribution is 5.85. The molecule has 5 heteroatoms. The Kier molecular flexibility index (Phi) is 4.72. The lowest BCUT2D eigenvalue weighted by Gasteiger charge is -2.36. The first kappa shape index (κ1) is 18.1. The molecular formula is C22H23F3N2. The Morgan fingerprint density at radius 3 is 2.52 bits per heavy atom. The molecule has 142 valence electrons. The maximum atomic E-state index is 13.0. The van der Waals surface area contributed by atoms with Crippen LogP contribution in [0.4, 0.5) is 13.2 Å². The van der Waals surface area contributed by atoms with Crippen LogP contribution in [0.3, 0.4) is 0 Å². The third-order valence-corrected chi connectivity index (χ3v) is 5.49. The van der Waals surface area contributed by atoms with Gasteiger partial charge < -0.3 is 4.98 Å². The summed E-state index contributed by atoms with van der Waals surface area (Å²) in [7, 11) is 0. The predicted molar refractivity (Wildman–Crippen MR) is 102 cm³/mol. The van der Waals surface area contributed by atoms with E-state index in [0.717, 1.165) is 49.1 Å². The number of hydrogen-bond acceptors (Lipinski definition) is 1. The number of alkyl halides is 3. The minimum Gasteiger partial charge on any atom is -0.357 e. The lowest BCUT2D eigenvalue weighted by atomic mass is 9.91. The van der Waals surface area contributed by atoms with Crippen LogP contribution in [0.2, 0.25) is 0 Å². The highest BCUT2D eigenvalue weighted by Gasteiger charge is 2.33. The van der Waals surface area contributed by atoms with E-state index in [9.17, 15) is 13.2 Å². The molecule has 0 spiro atoms. The molecule has 3 aromatic rings. The van der Waals surface area contributed by atoms with Crippen molar-refractivity contribution in [1.29, 1.82) is 0 Å². The number of nitrogens with one attached hydrogen (secondary N) is 1. The Labute approximate surface area is 157 Å². The van der Waals surface area contributed by atoms with Crippen molar-refractivity contribution in [2.24, 2.45) is 0 Å². The van der Waals surface area contributed by atoms with Crippen molar-refractivity contribution in [3.63, 3.8) is 0 Å². The molecule has 4 rings (SSSR count). The number of para-hydroxylation sites is 1. The number of H-pyrrole nitrogens is 1. The molecule has 0 saturated carbocycles. The van der Waals surface area contributed by atoms with Crippen LogP contribution in [0.5, 0.6) is 0 Å². The van der Waals surface area contributed by atoms with Crippen molar-refractivity contribution in [2.75, 3.05) is 13.1 Å². The van der Waals surface area contributed by atoms with Crippen LogP contribution in [0, 0.1) is 0 Å². The van der Waals surface area contributed by atoms with Gasteiger partial charge in [-0.2, -0.15) is 13.2 Å². The first-order valence-electron chi connectivity index (χ1n) is 9.49. The monoisotopic (exact) mass is 372 g/mol. The lowest BCUT2D eigenvalue weighted by molar-refractivity contribution is -0.137. The number of hydrogen-bond donors (Lipinski definition) is 1. The molecule has 1 aromatic heterocycles. The topological polar surface area (TPSA) is 19.0 Å². The van der Waals surface area contributed by atoms with E-state index in [-0.39, 0.29) is 6.04 Å². The molecule has 0 amide bonds. The van der Waals surface area contributed by atoms with Gasteiger partial charge in [0.05, 0.1) is 11.6 Å². The van der Waals surface area contributed by atoms with Crippen LogP contribution in [0.15, 0.2) is 48.5 Å². The molecule has 0 fully saturated rings. The van der Waals surface area contributed by atoms with Crippen molar-refractivity contribution in [3.8, 4) is 0 Å². The van der Waals surface area contributed by atoms with Crippen molar-refractivity contribution in [3.05, 3.63) is 70.9 Å². The predicted octanol–water partition coefficient (Wildman–Crippen LogP) is 5.93. The Morgan fingerprint density at radius 2 is 1.81 bits per heavy atom. The fourth-order valence-electron chi connectivity index (χ4n) is 4.12. The van der Waals surface area contributed by atoms with Gasteiger partial charge in [0.25, 0.3) is 0 Å². The molecule has 27 heavy (non-hydrogen) atoms. The first-order chi connectivity index (χ1) is 13.0. The van der Waals surface area contributed by atoms with Gasteiger partial charge in [0.15, 0.2) is 0 Å². The second-order valence-corrected chi connectivity index (χ2v) is 7.22. The van der Waals surface area contributed by atoms with Gasteiger partial charge >= 0.3 is 6.18 Å². The molecule has 0 bridgehead atoms. The van der Waals surface area contributed by atoms with Gasteiger partial charge in [-0.1, -0.05) is 43.7 Å². The summed E-state index contributed by atoms with van der Waals surface area (Å²) in [6, 6.07) is 13.9. The SMILES string of the molecule is CCCCN1CCc2c([nH]c3ccccc23)C1c1ccc(C(F)(F)F)cc1. The smallest absolute Gasteiger partial charge is 0.357 e. The number of rotatable bonds is 4. The number of aromatic amines is 1. The molecule has 2 nitrogen and oxygen atoms in total. The summed E-state index contributed by atoms with van der Waals surface area (Å²) in [5, 5.41) is 1.22. The molecule has 2 heterocycles. The molecule has 1 aliphatic heterocycles. The highest BCUT2D eigenvalue weighted by Crippen LogP contribution is 2.39. The Balaban J connectivity index is 1.79. The number of benzene rings is 2. The van der Waals surface area contributed by atoms with E-state index in [4.69, 9.17) is 0 Å². The summed E-state index contributed by atoms with van der Waals surface area (Å²) in [6.07, 6.45) is -1.18. The van der Waals surface area contributed by atoms with E-state index < -0.39 is 11.7 Å². The van der Waals surface area contributed by atoms with Crippen LogP contribution in [-0.2, 0) is 12.6 Å². The molecule has 0 saturated heterocycles. The molecule has 1 atom stereocenters. The minimum atomic E-state index is -4.31. The average Bonchev–Trinajstić information content (AvgIpc) is 3.04. The fraction of sp³-hybridized carbons (Fsp3) is 0.364. The maximum absolute atomic E-state index is 13.0. The second kappa shape index (κ2) is 7.04. The quantitative estimate of drug-likeness (QED) is 0.601. The summed E-state index contributed by atoms with van der Waals surface area (Å²) in [5.41, 5.74) is 3.82. The normalized spacial score (nSPS) is 18.0. The van der Waals surface area contributed by atoms with Crippen LogP contribution >= 0.6 is 0 Å². The number of fused-ring (bicyclic) bond motifs is 3. The van der Waals surface area contributed by atoms with Gasteiger partial charge in [0, 0.05) is 23.1 Å². The Bertz CT molecular complexity index is 925. The van der Waals surface area contributed by atoms with Gasteiger partial charge in [-0.3, -0.25) is 4.90 Å². The summed E-state index contributed by atoms with van der Waals surface area (Å²) in [5.74, 6) is 0. The van der Waals surface area contributed by atoms with Crippen LogP contribution in [-0.4, -0.2) is 23.0 Å². The molecule has 1 unspecified atom stereocenters. The van der Waals surface area contributed by atoms with E-state index in [2.05, 4.69) is 28.9 Å². The summed E-state index contributed by atoms with van der Waals surface area (Å²) in [4.78, 5) is 5.94. The zero-order chi connectivity index (χ0) is 19.0. The summed E-state index contributed by atoms with van der Waals surface area (Å²) < 4.78 is 38.9. The van der Waals surface area contributed by atoms with Gasteiger partial charge in [-0.25, -0.2) is 0 Å². The molecule has 1 aliphatic rings. The van der Waals surface area contributed by atoms with E-state index in [1.165, 1.54) is 23.1 Å². The third-order valence-electron chi connectivity index (χ3n) is 5.49. The van der Waals surface area contributed by atoms with Gasteiger partial charge in [0.1, 0.15) is 0 Å². The molecule has 0 radical (unpaired) electrons. The lowest BCUT2D eigenvalue weighted by Crippen LogP contribution is -2.36. The van der Waals surface area contributed by atoms with Crippen molar-refractivity contribution < 1.29 is 13.2 Å². The van der Waals surface area contributed by atoms with Gasteiger partial charge in [-0.05, 0) is 48.7 Å². The molecule has 0 aliphatic carbocycles. The Morgan fingerprint density at radius 1 is 1.07 bits per heavy atom. The summed E-state index contributed by atoms with van der Waals surface area (Å²) >= 11 is 0. The van der Waals surface area contributed by atoms with Crippen LogP contribution in [0.25, 0.3) is 10.9 Å². The third kappa shape index (κ3) is 3.36. The van der Waals surface area contributed by atoms with Crippen molar-refractivity contribution in [2.45, 2.75) is 38.4 Å². The average molecular weight is 372 g/mol. The minimum absolute atomic E-state index is 0.0324. The largest absolute Gasteiger partial charge is 0.416 e. The van der Waals surface area contributed by atoms with Crippen LogP contribution < -0.4 is 0 Å². The van der Waals surface area contributed by atoms with E-state index >= 15 is 0 Å². The van der Waals surface area contributed by atoms with Crippen molar-refractivity contribution in [1.82, 2.24) is 9.88 Å². The van der Waals surface area contributed by atoms with Gasteiger partial charge in [-0.15, -0.1) is 0 Å². The van der Waals surface area contributed by atoms with E-state index in [0.29, 0.717) is 0 Å². The number of halogens is 3. The maximum Gasteiger partial charge on any atom is 0.416 e. The number of aromatic nitrogens is 1. The highest BCUT2D eigenvalue weighted by atomic mass is 19.4. The van der Waals surface area contributed by atoms with E-state index in [1.807, 2.05) is 12.1 Å². The molecular weight excluding hydrogens is 349 g/mol. The number of nitrogens with zero attached hydrogens (tertiary/aromatic N) is 1. The Hall–Kier alpha value is -2.27. The first-order valence-corrected chi connectivity index (χ1v) is 9.49. The second-order valence-electron chi connectivity index (χ2n) is 7.22. The van der Waals surface area contributed by atoms with Crippen LogP contribution in [0.1, 0.15) is 48.2 Å². The van der Waals surface area contributed by atoms with E-state index in [1.54, 1.807) is 12.1 Å². The molecule has 2 aromatic carbocycles. The number of unbranched alkanes of at least 4 members (excludes halogenated alkanes) is 1. The fourth-order valence-corrected chi connectivity index (χ4v) is 4.12.